The minimum Gasteiger partial charge on any atom is -0.495 e. The maximum Gasteiger partial charge on any atom is 0.269 e. The molecule has 1 aromatic carbocycles. The van der Waals surface area contributed by atoms with Gasteiger partial charge in [-0.1, -0.05) is 22.8 Å². The Kier molecular flexibility index (Phi) is 8.74. The van der Waals surface area contributed by atoms with Crippen LogP contribution in [0.25, 0.3) is 22.4 Å². The molecular weight excluding hydrogens is 526 g/mol. The second-order valence-corrected chi connectivity index (χ2v) is 8.81. The number of pyridine rings is 2. The molecule has 0 bridgehead atoms. The maximum atomic E-state index is 13.4. The van der Waals surface area contributed by atoms with E-state index in [9.17, 15) is 14.4 Å². The van der Waals surface area contributed by atoms with Crippen LogP contribution >= 0.6 is 11.6 Å². The Morgan fingerprint density at radius 1 is 1.10 bits per heavy atom. The highest BCUT2D eigenvalue weighted by Crippen LogP contribution is 2.38. The third-order valence-corrected chi connectivity index (χ3v) is 6.21. The second kappa shape index (κ2) is 12.4. The van der Waals surface area contributed by atoms with E-state index in [0.717, 1.165) is 0 Å². The van der Waals surface area contributed by atoms with Crippen molar-refractivity contribution < 1.29 is 23.6 Å². The number of aromatic nitrogens is 3. The molecule has 0 aliphatic carbocycles. The highest BCUT2D eigenvalue weighted by molar-refractivity contribution is 6.31. The molecule has 202 valence electrons. The lowest BCUT2D eigenvalue weighted by Crippen LogP contribution is -2.34. The van der Waals surface area contributed by atoms with Crippen molar-refractivity contribution in [3.05, 3.63) is 82.2 Å². The van der Waals surface area contributed by atoms with Crippen molar-refractivity contribution >= 4 is 29.1 Å². The molecule has 0 saturated carbocycles. The van der Waals surface area contributed by atoms with Crippen LogP contribution in [0.2, 0.25) is 5.02 Å². The second-order valence-electron chi connectivity index (χ2n) is 8.37. The molecule has 3 aromatic heterocycles. The molecule has 0 saturated heterocycles. The largest absolute Gasteiger partial charge is 0.495 e. The zero-order chi connectivity index (χ0) is 27.9. The van der Waals surface area contributed by atoms with Gasteiger partial charge in [0, 0.05) is 55.5 Å². The molecule has 11 nitrogen and oxygen atoms in total. The topological polar surface area (TPSA) is 138 Å². The van der Waals surface area contributed by atoms with Crippen molar-refractivity contribution in [2.45, 2.75) is 12.5 Å². The molecule has 0 fully saturated rings. The molecule has 39 heavy (non-hydrogen) atoms. The summed E-state index contributed by atoms with van der Waals surface area (Å²) in [6.07, 6.45) is 4.50. The Hall–Kier alpha value is -4.48. The summed E-state index contributed by atoms with van der Waals surface area (Å²) in [6.45, 7) is 0.215. The monoisotopic (exact) mass is 551 g/mol. The third-order valence-electron chi connectivity index (χ3n) is 5.97. The van der Waals surface area contributed by atoms with Gasteiger partial charge in [-0.3, -0.25) is 19.0 Å². The average Bonchev–Trinajstić information content (AvgIpc) is 3.48. The number of nitrogens with one attached hydrogen (secondary N) is 2. The van der Waals surface area contributed by atoms with Crippen LogP contribution in [0.5, 0.6) is 5.75 Å². The van der Waals surface area contributed by atoms with E-state index < -0.39 is 17.5 Å². The highest BCUT2D eigenvalue weighted by atomic mass is 35.5. The van der Waals surface area contributed by atoms with Crippen LogP contribution in [-0.2, 0) is 9.53 Å². The first-order chi connectivity index (χ1) is 18.9. The van der Waals surface area contributed by atoms with Crippen LogP contribution in [0.3, 0.4) is 0 Å². The van der Waals surface area contributed by atoms with Gasteiger partial charge in [-0.2, -0.15) is 0 Å². The Balaban J connectivity index is 1.72. The fourth-order valence-corrected chi connectivity index (χ4v) is 4.21. The molecule has 2 N–H and O–H groups in total. The average molecular weight is 552 g/mol. The zero-order valence-electron chi connectivity index (χ0n) is 21.4. The van der Waals surface area contributed by atoms with E-state index in [-0.39, 0.29) is 24.6 Å². The quantitative estimate of drug-likeness (QED) is 0.303. The summed E-state index contributed by atoms with van der Waals surface area (Å²) in [5, 5.41) is 9.70. The zero-order valence-corrected chi connectivity index (χ0v) is 22.2. The number of carbonyl (C=O) groups excluding carboxylic acids is 2. The Labute approximate surface area is 228 Å². The number of carbonyl (C=O) groups is 2. The van der Waals surface area contributed by atoms with Crippen molar-refractivity contribution in [2.24, 2.45) is 0 Å². The van der Waals surface area contributed by atoms with Crippen molar-refractivity contribution in [3.63, 3.8) is 0 Å². The van der Waals surface area contributed by atoms with Gasteiger partial charge in [0.05, 0.1) is 25.2 Å². The molecule has 12 heteroatoms. The summed E-state index contributed by atoms with van der Waals surface area (Å²) in [4.78, 5) is 42.6. The molecule has 2 amide bonds. The Bertz CT molecular complexity index is 1520. The number of methoxy groups -OCH3 is 2. The van der Waals surface area contributed by atoms with Gasteiger partial charge in [0.1, 0.15) is 29.4 Å². The van der Waals surface area contributed by atoms with Gasteiger partial charge < -0.3 is 24.6 Å². The highest BCUT2D eigenvalue weighted by Gasteiger charge is 2.25. The Morgan fingerprint density at radius 2 is 1.92 bits per heavy atom. The Morgan fingerprint density at radius 3 is 2.56 bits per heavy atom. The number of rotatable bonds is 10. The molecular formula is C27H26ClN5O6. The summed E-state index contributed by atoms with van der Waals surface area (Å²) in [5.41, 5.74) is 2.45. The summed E-state index contributed by atoms with van der Waals surface area (Å²) >= 11 is 6.29. The minimum atomic E-state index is -0.937. The molecule has 0 radical (unpaired) electrons. The molecule has 0 aliphatic rings. The van der Waals surface area contributed by atoms with E-state index in [4.69, 9.17) is 25.6 Å². The lowest BCUT2D eigenvalue weighted by molar-refractivity contribution is -0.119. The van der Waals surface area contributed by atoms with E-state index in [0.29, 0.717) is 38.8 Å². The lowest BCUT2D eigenvalue weighted by atomic mass is 9.97. The van der Waals surface area contributed by atoms with E-state index in [1.54, 1.807) is 30.3 Å². The van der Waals surface area contributed by atoms with Gasteiger partial charge in [-0.15, -0.1) is 0 Å². The molecule has 1 atom stereocenters. The maximum absolute atomic E-state index is 13.4. The summed E-state index contributed by atoms with van der Waals surface area (Å²) in [5.74, 6) is -0.478. The van der Waals surface area contributed by atoms with Crippen LogP contribution in [0.15, 0.2) is 70.4 Å². The van der Waals surface area contributed by atoms with Gasteiger partial charge in [0.15, 0.2) is 0 Å². The van der Waals surface area contributed by atoms with Crippen molar-refractivity contribution in [1.82, 2.24) is 20.0 Å². The number of benzene rings is 1. The van der Waals surface area contributed by atoms with E-state index in [2.05, 4.69) is 20.8 Å². The number of amides is 2. The van der Waals surface area contributed by atoms with Crippen molar-refractivity contribution in [2.75, 3.05) is 33.2 Å². The lowest BCUT2D eigenvalue weighted by Gasteiger charge is -2.21. The number of ether oxygens (including phenoxy) is 2. The van der Waals surface area contributed by atoms with Crippen LogP contribution < -0.4 is 20.9 Å². The van der Waals surface area contributed by atoms with Gasteiger partial charge in [-0.25, -0.2) is 4.98 Å². The number of nitrogens with zero attached hydrogens (tertiary/aromatic N) is 3. The SMILES string of the molecule is CNC(=O)c1ccc(NC(=O)C(CCOC)n2cc(OC)c(-c3cc(Cl)ccc3-c3ccon3)cc2=O)cn1. The number of anilines is 1. The van der Waals surface area contributed by atoms with Crippen molar-refractivity contribution in [1.29, 1.82) is 0 Å². The standard InChI is InChI=1S/C27H26ClN5O6/c1-29-26(35)22-7-5-17(14-30-22)31-27(36)23(9-10-37-2)33-15-24(38-3)20(13-25(33)34)19-12-16(28)4-6-18(19)21-8-11-39-32-21/h4-8,11-15,23H,9-10H2,1-3H3,(H,29,35)(H,31,36). The van der Waals surface area contributed by atoms with Crippen LogP contribution in [0.1, 0.15) is 23.0 Å². The first-order valence-corrected chi connectivity index (χ1v) is 12.2. The fourth-order valence-electron chi connectivity index (χ4n) is 4.04. The number of hydrogen-bond donors (Lipinski definition) is 2. The summed E-state index contributed by atoms with van der Waals surface area (Å²) < 4.78 is 17.1. The molecule has 1 unspecified atom stereocenters. The van der Waals surface area contributed by atoms with Crippen molar-refractivity contribution in [3.8, 4) is 28.1 Å². The van der Waals surface area contributed by atoms with Crippen LogP contribution in [0.4, 0.5) is 5.69 Å². The molecule has 4 aromatic rings. The summed E-state index contributed by atoms with van der Waals surface area (Å²) in [6, 6.07) is 10.4. The van der Waals surface area contributed by atoms with E-state index in [1.165, 1.54) is 56.6 Å². The predicted molar refractivity (Wildman–Crippen MR) is 145 cm³/mol. The van der Waals surface area contributed by atoms with Crippen LogP contribution in [-0.4, -0.2) is 54.4 Å². The minimum absolute atomic E-state index is 0.203. The molecule has 4 rings (SSSR count). The summed E-state index contributed by atoms with van der Waals surface area (Å²) in [7, 11) is 4.48. The van der Waals surface area contributed by atoms with Gasteiger partial charge in [0.25, 0.3) is 11.5 Å². The molecule has 0 spiro atoms. The molecule has 0 aliphatic heterocycles. The third kappa shape index (κ3) is 6.16. The number of hydrogen-bond acceptors (Lipinski definition) is 8. The van der Waals surface area contributed by atoms with Gasteiger partial charge in [-0.05, 0) is 29.8 Å². The smallest absolute Gasteiger partial charge is 0.269 e. The normalized spacial score (nSPS) is 11.6. The fraction of sp³-hybridized carbons (Fsp3) is 0.222. The number of halogens is 1. The van der Waals surface area contributed by atoms with Gasteiger partial charge >= 0.3 is 0 Å². The van der Waals surface area contributed by atoms with Crippen LogP contribution in [0, 0.1) is 0 Å². The predicted octanol–water partition coefficient (Wildman–Crippen LogP) is 3.80. The van der Waals surface area contributed by atoms with E-state index >= 15 is 0 Å². The van der Waals surface area contributed by atoms with Gasteiger partial charge in [0.2, 0.25) is 5.91 Å². The van der Waals surface area contributed by atoms with E-state index in [1.807, 2.05) is 0 Å². The first-order valence-electron chi connectivity index (χ1n) is 11.8. The molecule has 3 heterocycles. The first kappa shape index (κ1) is 27.6.